The summed E-state index contributed by atoms with van der Waals surface area (Å²) in [6, 6.07) is 20.7. The van der Waals surface area contributed by atoms with Gasteiger partial charge in [-0.05, 0) is 67.1 Å². The van der Waals surface area contributed by atoms with Crippen molar-refractivity contribution in [1.82, 2.24) is 0 Å². The van der Waals surface area contributed by atoms with Crippen LogP contribution in [-0.2, 0) is 19.1 Å². The number of hydrogen-bond acceptors (Lipinski definition) is 6. The molecule has 3 aromatic rings. The Morgan fingerprint density at radius 3 is 2.00 bits per heavy atom. The van der Waals surface area contributed by atoms with Gasteiger partial charge in [0.05, 0.1) is 12.1 Å². The van der Waals surface area contributed by atoms with E-state index in [-0.39, 0.29) is 18.7 Å². The van der Waals surface area contributed by atoms with Gasteiger partial charge in [0, 0.05) is 24.2 Å². The minimum absolute atomic E-state index is 0.0217. The summed E-state index contributed by atoms with van der Waals surface area (Å²) in [7, 11) is 1.55. The lowest BCUT2D eigenvalue weighted by Crippen LogP contribution is -2.21. The second kappa shape index (κ2) is 13.0. The first-order valence-electron chi connectivity index (χ1n) is 10.8. The molecule has 35 heavy (non-hydrogen) atoms. The van der Waals surface area contributed by atoms with Crippen LogP contribution in [0.15, 0.2) is 72.8 Å². The van der Waals surface area contributed by atoms with Crippen LogP contribution in [0.1, 0.15) is 19.3 Å². The van der Waals surface area contributed by atoms with Crippen molar-refractivity contribution >= 4 is 40.8 Å². The highest BCUT2D eigenvalue weighted by Gasteiger charge is 2.10. The Balaban J connectivity index is 1.32. The molecule has 0 radical (unpaired) electrons. The van der Waals surface area contributed by atoms with E-state index in [0.29, 0.717) is 40.1 Å². The molecule has 0 fully saturated rings. The summed E-state index contributed by atoms with van der Waals surface area (Å²) in [5.41, 5.74) is 1.16. The van der Waals surface area contributed by atoms with E-state index in [0.717, 1.165) is 0 Å². The zero-order valence-corrected chi connectivity index (χ0v) is 19.8. The summed E-state index contributed by atoms with van der Waals surface area (Å²) >= 11 is 6.08. The van der Waals surface area contributed by atoms with Gasteiger partial charge < -0.3 is 24.8 Å². The predicted octanol–water partition coefficient (Wildman–Crippen LogP) is 5.43. The topological polar surface area (TPSA) is 103 Å². The molecule has 0 unspecified atom stereocenters. The molecule has 3 aromatic carbocycles. The Morgan fingerprint density at radius 1 is 0.771 bits per heavy atom. The summed E-state index contributed by atoms with van der Waals surface area (Å²) in [6.45, 7) is -0.403. The van der Waals surface area contributed by atoms with Crippen LogP contribution < -0.4 is 20.1 Å². The summed E-state index contributed by atoms with van der Waals surface area (Å²) in [5.74, 6) is 0.533. The van der Waals surface area contributed by atoms with Crippen LogP contribution in [0.2, 0.25) is 5.02 Å². The number of methoxy groups -OCH3 is 1. The molecule has 0 saturated heterocycles. The van der Waals surface area contributed by atoms with Crippen molar-refractivity contribution in [2.24, 2.45) is 0 Å². The maximum atomic E-state index is 12.1. The number of benzene rings is 3. The van der Waals surface area contributed by atoms with E-state index in [9.17, 15) is 14.4 Å². The number of amides is 2. The summed E-state index contributed by atoms with van der Waals surface area (Å²) in [4.78, 5) is 35.9. The first kappa shape index (κ1) is 25.6. The molecule has 182 valence electrons. The summed E-state index contributed by atoms with van der Waals surface area (Å²) in [5, 5.41) is 5.88. The van der Waals surface area contributed by atoms with Gasteiger partial charge in [-0.15, -0.1) is 0 Å². The van der Waals surface area contributed by atoms with E-state index >= 15 is 0 Å². The van der Waals surface area contributed by atoms with Gasteiger partial charge in [0.15, 0.2) is 6.61 Å². The van der Waals surface area contributed by atoms with Gasteiger partial charge in [-0.25, -0.2) is 0 Å². The minimum Gasteiger partial charge on any atom is -0.497 e. The van der Waals surface area contributed by atoms with Gasteiger partial charge in [-0.1, -0.05) is 23.7 Å². The molecule has 8 nitrogen and oxygen atoms in total. The van der Waals surface area contributed by atoms with Crippen LogP contribution in [0.25, 0.3) is 0 Å². The number of hydrogen-bond donors (Lipinski definition) is 2. The molecule has 0 aliphatic carbocycles. The van der Waals surface area contributed by atoms with E-state index in [1.165, 1.54) is 0 Å². The fourth-order valence-electron chi connectivity index (χ4n) is 2.97. The summed E-state index contributed by atoms with van der Waals surface area (Å²) < 4.78 is 15.7. The van der Waals surface area contributed by atoms with E-state index in [1.54, 1.807) is 67.8 Å². The van der Waals surface area contributed by atoms with Crippen molar-refractivity contribution in [3.8, 4) is 17.2 Å². The van der Waals surface area contributed by atoms with Crippen LogP contribution in [0, 0.1) is 0 Å². The quantitative estimate of drug-likeness (QED) is 0.343. The molecule has 0 atom stereocenters. The largest absolute Gasteiger partial charge is 0.497 e. The smallest absolute Gasteiger partial charge is 0.306 e. The van der Waals surface area contributed by atoms with Crippen molar-refractivity contribution in [1.29, 1.82) is 0 Å². The van der Waals surface area contributed by atoms with Gasteiger partial charge in [-0.2, -0.15) is 0 Å². The van der Waals surface area contributed by atoms with Crippen LogP contribution in [0.5, 0.6) is 17.2 Å². The third-order valence-electron chi connectivity index (χ3n) is 4.73. The fraction of sp³-hybridized carbons (Fsp3) is 0.192. The Labute approximate surface area is 208 Å². The lowest BCUT2D eigenvalue weighted by atomic mass is 10.2. The highest BCUT2D eigenvalue weighted by Crippen LogP contribution is 2.29. The number of carbonyl (C=O) groups is 3. The number of carbonyl (C=O) groups excluding carboxylic acids is 3. The molecule has 0 aliphatic heterocycles. The molecule has 2 N–H and O–H groups in total. The molecular formula is C26H25ClN2O6. The number of anilines is 2. The zero-order valence-electron chi connectivity index (χ0n) is 19.1. The number of para-hydroxylation sites is 1. The molecule has 0 heterocycles. The molecule has 2 amide bonds. The zero-order chi connectivity index (χ0) is 25.0. The SMILES string of the molecule is COc1ccc(NC(=O)COC(=O)CCCC(=O)Nc2ccc(Oc3ccccc3Cl)cc2)cc1. The number of nitrogens with one attached hydrogen (secondary N) is 2. The van der Waals surface area contributed by atoms with E-state index in [1.807, 2.05) is 12.1 Å². The first-order valence-corrected chi connectivity index (χ1v) is 11.2. The third kappa shape index (κ3) is 8.68. The van der Waals surface area contributed by atoms with Gasteiger partial charge >= 0.3 is 5.97 Å². The first-order chi connectivity index (χ1) is 16.9. The highest BCUT2D eigenvalue weighted by molar-refractivity contribution is 6.32. The van der Waals surface area contributed by atoms with Gasteiger partial charge in [0.1, 0.15) is 17.2 Å². The van der Waals surface area contributed by atoms with Crippen molar-refractivity contribution in [3.63, 3.8) is 0 Å². The van der Waals surface area contributed by atoms with E-state index in [2.05, 4.69) is 10.6 Å². The van der Waals surface area contributed by atoms with Crippen LogP contribution in [-0.4, -0.2) is 31.5 Å². The molecule has 3 rings (SSSR count). The Morgan fingerprint density at radius 2 is 1.37 bits per heavy atom. The number of halogens is 1. The molecule has 0 aliphatic rings. The van der Waals surface area contributed by atoms with Crippen molar-refractivity contribution in [2.75, 3.05) is 24.4 Å². The van der Waals surface area contributed by atoms with E-state index in [4.69, 9.17) is 25.8 Å². The standard InChI is InChI=1S/C26H25ClN2O6/c1-33-20-13-9-19(10-14-20)29-25(31)17-34-26(32)8-4-7-24(30)28-18-11-15-21(16-12-18)35-23-6-3-2-5-22(23)27/h2-3,5-6,9-16H,4,7-8,17H2,1H3,(H,28,30)(H,29,31). The average Bonchev–Trinajstić information content (AvgIpc) is 2.86. The normalized spacial score (nSPS) is 10.2. The number of rotatable bonds is 11. The second-order valence-electron chi connectivity index (χ2n) is 7.40. The Bertz CT molecular complexity index is 1150. The predicted molar refractivity (Wildman–Crippen MR) is 133 cm³/mol. The van der Waals surface area contributed by atoms with Crippen LogP contribution >= 0.6 is 11.6 Å². The Hall–Kier alpha value is -4.04. The van der Waals surface area contributed by atoms with Gasteiger partial charge in [0.25, 0.3) is 5.91 Å². The average molecular weight is 497 g/mol. The molecule has 0 saturated carbocycles. The third-order valence-corrected chi connectivity index (χ3v) is 5.04. The monoisotopic (exact) mass is 496 g/mol. The lowest BCUT2D eigenvalue weighted by molar-refractivity contribution is -0.147. The summed E-state index contributed by atoms with van der Waals surface area (Å²) in [6.07, 6.45) is 0.442. The highest BCUT2D eigenvalue weighted by atomic mass is 35.5. The van der Waals surface area contributed by atoms with E-state index < -0.39 is 18.5 Å². The van der Waals surface area contributed by atoms with Gasteiger partial charge in [-0.3, -0.25) is 14.4 Å². The van der Waals surface area contributed by atoms with Crippen molar-refractivity contribution in [2.45, 2.75) is 19.3 Å². The van der Waals surface area contributed by atoms with Crippen LogP contribution in [0.3, 0.4) is 0 Å². The minimum atomic E-state index is -0.552. The van der Waals surface area contributed by atoms with Crippen molar-refractivity contribution < 1.29 is 28.6 Å². The molecule has 0 bridgehead atoms. The second-order valence-corrected chi connectivity index (χ2v) is 7.80. The maximum absolute atomic E-state index is 12.1. The fourth-order valence-corrected chi connectivity index (χ4v) is 3.14. The lowest BCUT2D eigenvalue weighted by Gasteiger charge is -2.09. The molecular weight excluding hydrogens is 472 g/mol. The number of esters is 1. The number of ether oxygens (including phenoxy) is 3. The van der Waals surface area contributed by atoms with Crippen LogP contribution in [0.4, 0.5) is 11.4 Å². The molecule has 9 heteroatoms. The Kier molecular flexibility index (Phi) is 9.50. The molecule has 0 aromatic heterocycles. The van der Waals surface area contributed by atoms with Gasteiger partial charge in [0.2, 0.25) is 5.91 Å². The van der Waals surface area contributed by atoms with Crippen molar-refractivity contribution in [3.05, 3.63) is 77.8 Å². The maximum Gasteiger partial charge on any atom is 0.306 e. The molecule has 0 spiro atoms.